The fourth-order valence-corrected chi connectivity index (χ4v) is 3.91. The maximum atomic E-state index is 13.4. The molecule has 1 unspecified atom stereocenters. The smallest absolute Gasteiger partial charge is 0.190 e. The van der Waals surface area contributed by atoms with Crippen LogP contribution in [0.15, 0.2) is 46.2 Å². The van der Waals surface area contributed by atoms with E-state index >= 15 is 0 Å². The Hall–Kier alpha value is -1.20. The van der Waals surface area contributed by atoms with E-state index in [-0.39, 0.29) is 0 Å². The first-order chi connectivity index (χ1) is 10.0. The van der Waals surface area contributed by atoms with Gasteiger partial charge in [-0.15, -0.1) is 9.24 Å². The van der Waals surface area contributed by atoms with Gasteiger partial charge < -0.3 is 0 Å². The molecule has 2 nitrogen and oxygen atoms in total. The average molecular weight is 416 g/mol. The molecule has 1 aliphatic rings. The maximum Gasteiger partial charge on any atom is 0.190 e. The molecule has 0 saturated heterocycles. The third kappa shape index (κ3) is 3.04. The molecule has 1 atom stereocenters. The number of hydrogen-bond acceptors (Lipinski definition) is 1. The number of hydrogen-bond donors (Lipinski definition) is 0. The highest BCUT2D eigenvalue weighted by Crippen LogP contribution is 2.31. The molecule has 108 valence electrons. The van der Waals surface area contributed by atoms with Crippen LogP contribution in [-0.2, 0) is 0 Å². The van der Waals surface area contributed by atoms with Gasteiger partial charge >= 0.3 is 0 Å². The van der Waals surface area contributed by atoms with E-state index in [0.717, 1.165) is 27.8 Å². The third-order valence-corrected chi connectivity index (χ3v) is 5.60. The second kappa shape index (κ2) is 5.89. The Bertz CT molecular complexity index is 806. The molecule has 1 aromatic carbocycles. The molecule has 0 spiro atoms. The fraction of sp³-hybridized carbons (Fsp3) is 0.0667. The zero-order valence-corrected chi connectivity index (χ0v) is 14.5. The van der Waals surface area contributed by atoms with Crippen molar-refractivity contribution < 1.29 is 8.78 Å². The van der Waals surface area contributed by atoms with Crippen molar-refractivity contribution in [2.75, 3.05) is 0 Å². The lowest BCUT2D eigenvalue weighted by Crippen LogP contribution is -2.07. The zero-order valence-electron chi connectivity index (χ0n) is 11.1. The van der Waals surface area contributed by atoms with E-state index in [9.17, 15) is 8.78 Å². The van der Waals surface area contributed by atoms with Crippen LogP contribution in [0.2, 0.25) is 0 Å². The Labute approximate surface area is 133 Å². The topological polar surface area (TPSA) is 17.8 Å². The minimum atomic E-state index is -1.01. The second-order valence-corrected chi connectivity index (χ2v) is 7.42. The van der Waals surface area contributed by atoms with Crippen LogP contribution in [0.25, 0.3) is 11.3 Å². The molecular formula is C15H12F2IN2P. The molecule has 0 fully saturated rings. The molecule has 0 N–H and O–H groups in total. The quantitative estimate of drug-likeness (QED) is 0.536. The molecule has 0 saturated carbocycles. The summed E-state index contributed by atoms with van der Waals surface area (Å²) in [5, 5.41) is 5.39. The van der Waals surface area contributed by atoms with Gasteiger partial charge in [0.2, 0.25) is 0 Å². The van der Waals surface area contributed by atoms with Gasteiger partial charge in [0.25, 0.3) is 0 Å². The van der Waals surface area contributed by atoms with Crippen molar-refractivity contribution in [1.82, 2.24) is 9.78 Å². The van der Waals surface area contributed by atoms with Crippen LogP contribution in [0, 0.1) is 6.92 Å². The second-order valence-electron chi connectivity index (χ2n) is 4.60. The van der Waals surface area contributed by atoms with Crippen LogP contribution in [0.5, 0.6) is 0 Å². The number of aryl methyl sites for hydroxylation is 1. The van der Waals surface area contributed by atoms with Gasteiger partial charge in [-0.2, -0.15) is 9.49 Å². The standard InChI is InChI=1S/C15H12F2IN2P/c1-9-4-5-20(19-9)13-7-10(2-3-14(13)21)11-6-12(16)15(17)18-8-11/h2-8H,21H2,1H3. The molecule has 1 aromatic heterocycles. The molecule has 0 aliphatic carbocycles. The maximum absolute atomic E-state index is 13.4. The molecule has 6 heteroatoms. The minimum absolute atomic E-state index is 0.608. The van der Waals surface area contributed by atoms with E-state index in [4.69, 9.17) is 0 Å². The Morgan fingerprint density at radius 3 is 2.71 bits per heavy atom. The highest BCUT2D eigenvalue weighted by Gasteiger charge is 2.12. The van der Waals surface area contributed by atoms with Gasteiger partial charge in [0.1, 0.15) is 0 Å². The van der Waals surface area contributed by atoms with Crippen LogP contribution in [0.1, 0.15) is 11.3 Å². The lowest BCUT2D eigenvalue weighted by atomic mass is 10.1. The van der Waals surface area contributed by atoms with E-state index in [1.807, 2.05) is 37.4 Å². The van der Waals surface area contributed by atoms with E-state index in [0.29, 0.717) is 0 Å². The number of benzene rings is 1. The highest BCUT2D eigenvalue weighted by molar-refractivity contribution is 14.2. The normalized spacial score (nSPS) is 15.0. The van der Waals surface area contributed by atoms with Gasteiger partial charge in [0.15, 0.2) is 9.66 Å². The van der Waals surface area contributed by atoms with Crippen molar-refractivity contribution in [3.8, 4) is 5.69 Å². The summed E-state index contributed by atoms with van der Waals surface area (Å²) in [6.45, 7) is 1.92. The highest BCUT2D eigenvalue weighted by atomic mass is 127. The zero-order chi connectivity index (χ0) is 15.0. The van der Waals surface area contributed by atoms with Gasteiger partial charge in [-0.05, 0) is 66.3 Å². The number of rotatable bonds is 2. The minimum Gasteiger partial charge on any atom is -0.240 e. The number of aromatic nitrogens is 2. The third-order valence-electron chi connectivity index (χ3n) is 3.06. The summed E-state index contributed by atoms with van der Waals surface area (Å²) >= 11 is -1.01. The fourth-order valence-electron chi connectivity index (χ4n) is 2.00. The summed E-state index contributed by atoms with van der Waals surface area (Å²) in [7, 11) is 2.67. The SMILES string of the molecule is Cc1ccn(-c2cc(C3=CC(F)=C(F)I=C3)ccc2P)n1. The monoisotopic (exact) mass is 416 g/mol. The van der Waals surface area contributed by atoms with Crippen LogP contribution < -0.4 is 5.30 Å². The molecule has 0 radical (unpaired) electrons. The Morgan fingerprint density at radius 2 is 2.05 bits per heavy atom. The van der Waals surface area contributed by atoms with Crippen molar-refractivity contribution in [1.29, 1.82) is 0 Å². The Kier molecular flexibility index (Phi) is 4.13. The number of halogens is 3. The first-order valence-corrected chi connectivity index (χ1v) is 9.11. The summed E-state index contributed by atoms with van der Waals surface area (Å²) < 4.78 is 29.5. The molecular weight excluding hydrogens is 404 g/mol. The molecule has 0 amide bonds. The summed E-state index contributed by atoms with van der Waals surface area (Å²) in [6, 6.07) is 7.71. The number of allylic oxidation sites excluding steroid dienone is 3. The van der Waals surface area contributed by atoms with Gasteiger partial charge in [-0.3, -0.25) is 0 Å². The van der Waals surface area contributed by atoms with Crippen LogP contribution in [0.3, 0.4) is 0 Å². The average Bonchev–Trinajstić information content (AvgIpc) is 2.89. The van der Waals surface area contributed by atoms with Crippen molar-refractivity contribution in [3.63, 3.8) is 0 Å². The van der Waals surface area contributed by atoms with Gasteiger partial charge in [-0.25, -0.2) is 9.07 Å². The van der Waals surface area contributed by atoms with Gasteiger partial charge in [-0.1, -0.05) is 12.1 Å². The Balaban J connectivity index is 2.07. The van der Waals surface area contributed by atoms with Crippen LogP contribution in [-0.4, -0.2) is 13.8 Å². The van der Waals surface area contributed by atoms with Crippen molar-refractivity contribution in [2.45, 2.75) is 6.92 Å². The summed E-state index contributed by atoms with van der Waals surface area (Å²) in [4.78, 5) is 0. The predicted octanol–water partition coefficient (Wildman–Crippen LogP) is 3.96. The summed E-state index contributed by atoms with van der Waals surface area (Å²) in [5.74, 6) is -0.744. The largest absolute Gasteiger partial charge is 0.240 e. The van der Waals surface area contributed by atoms with Crippen LogP contribution >= 0.6 is 30.0 Å². The predicted molar refractivity (Wildman–Crippen MR) is 94.9 cm³/mol. The van der Waals surface area contributed by atoms with Crippen molar-refractivity contribution in [3.05, 3.63) is 57.5 Å². The van der Waals surface area contributed by atoms with E-state index in [1.54, 1.807) is 8.69 Å². The Morgan fingerprint density at radius 1 is 1.24 bits per heavy atom. The van der Waals surface area contributed by atoms with Gasteiger partial charge in [0, 0.05) is 6.20 Å². The molecule has 2 heterocycles. The number of nitrogens with zero attached hydrogens (tertiary/aromatic N) is 2. The van der Waals surface area contributed by atoms with Crippen molar-refractivity contribution >= 4 is 44.9 Å². The van der Waals surface area contributed by atoms with E-state index in [2.05, 4.69) is 14.3 Å². The lowest BCUT2D eigenvalue weighted by Gasteiger charge is -2.11. The molecule has 3 rings (SSSR count). The lowest BCUT2D eigenvalue weighted by molar-refractivity contribution is 0.601. The first kappa shape index (κ1) is 14.7. The summed E-state index contributed by atoms with van der Waals surface area (Å²) in [5.41, 5.74) is 3.44. The molecule has 1 aliphatic heterocycles. The van der Waals surface area contributed by atoms with E-state index in [1.165, 1.54) is 6.08 Å². The summed E-state index contributed by atoms with van der Waals surface area (Å²) in [6.07, 6.45) is 3.14. The van der Waals surface area contributed by atoms with Crippen molar-refractivity contribution in [2.24, 2.45) is 0 Å². The van der Waals surface area contributed by atoms with E-state index < -0.39 is 30.4 Å². The first-order valence-electron chi connectivity index (χ1n) is 6.21. The van der Waals surface area contributed by atoms with Gasteiger partial charge in [0.05, 0.1) is 11.4 Å². The van der Waals surface area contributed by atoms with Crippen LogP contribution in [0.4, 0.5) is 8.78 Å². The molecule has 2 aromatic rings. The molecule has 0 bridgehead atoms. The molecule has 21 heavy (non-hydrogen) atoms.